The third-order valence-electron chi connectivity index (χ3n) is 3.58. The van der Waals surface area contributed by atoms with E-state index < -0.39 is 5.97 Å². The van der Waals surface area contributed by atoms with Crippen molar-refractivity contribution in [2.45, 2.75) is 51.9 Å². The molecule has 0 atom stereocenters. The van der Waals surface area contributed by atoms with Gasteiger partial charge in [0, 0.05) is 18.9 Å². The molecule has 0 aromatic carbocycles. The minimum absolute atomic E-state index is 0.411. The Balaban J connectivity index is 1.98. The monoisotopic (exact) mass is 296 g/mol. The van der Waals surface area contributed by atoms with Gasteiger partial charge in [-0.15, -0.1) is 11.3 Å². The zero-order chi connectivity index (χ0) is 14.5. The van der Waals surface area contributed by atoms with Crippen molar-refractivity contribution in [2.75, 3.05) is 19.6 Å². The largest absolute Gasteiger partial charge is 0.477 e. The highest BCUT2D eigenvalue weighted by Crippen LogP contribution is 2.42. The van der Waals surface area contributed by atoms with Crippen LogP contribution in [-0.2, 0) is 6.42 Å². The van der Waals surface area contributed by atoms with E-state index in [1.165, 1.54) is 11.3 Å². The van der Waals surface area contributed by atoms with Gasteiger partial charge < -0.3 is 10.0 Å². The van der Waals surface area contributed by atoms with Gasteiger partial charge in [-0.25, -0.2) is 9.78 Å². The van der Waals surface area contributed by atoms with E-state index in [1.54, 1.807) is 0 Å². The molecule has 1 saturated carbocycles. The second-order valence-corrected chi connectivity index (χ2v) is 6.58. The minimum atomic E-state index is -0.811. The van der Waals surface area contributed by atoms with Crippen molar-refractivity contribution >= 4 is 17.3 Å². The van der Waals surface area contributed by atoms with Crippen LogP contribution in [-0.4, -0.2) is 40.6 Å². The first kappa shape index (κ1) is 15.4. The van der Waals surface area contributed by atoms with Crippen molar-refractivity contribution in [1.29, 1.82) is 0 Å². The number of hydrogen-bond donors (Lipinski definition) is 1. The molecule has 5 heteroatoms. The van der Waals surface area contributed by atoms with Gasteiger partial charge in [-0.2, -0.15) is 0 Å². The smallest absolute Gasteiger partial charge is 0.347 e. The van der Waals surface area contributed by atoms with Gasteiger partial charge in [-0.05, 0) is 38.8 Å². The predicted molar refractivity (Wildman–Crippen MR) is 81.8 cm³/mol. The maximum atomic E-state index is 11.3. The van der Waals surface area contributed by atoms with E-state index in [0.717, 1.165) is 62.4 Å². The molecule has 1 N–H and O–H groups in total. The summed E-state index contributed by atoms with van der Waals surface area (Å²) in [6.07, 6.45) is 5.39. The van der Waals surface area contributed by atoms with Gasteiger partial charge in [-0.1, -0.05) is 13.8 Å². The van der Waals surface area contributed by atoms with Gasteiger partial charge >= 0.3 is 5.97 Å². The fourth-order valence-electron chi connectivity index (χ4n) is 2.49. The van der Waals surface area contributed by atoms with Crippen molar-refractivity contribution in [3.8, 4) is 0 Å². The molecule has 112 valence electrons. The van der Waals surface area contributed by atoms with Crippen LogP contribution in [0.5, 0.6) is 0 Å². The van der Waals surface area contributed by atoms with E-state index in [1.807, 2.05) is 0 Å². The maximum absolute atomic E-state index is 11.3. The van der Waals surface area contributed by atoms with Crippen LogP contribution < -0.4 is 0 Å². The first-order chi connectivity index (χ1) is 9.65. The summed E-state index contributed by atoms with van der Waals surface area (Å²) in [7, 11) is 0. The van der Waals surface area contributed by atoms with Gasteiger partial charge in [-0.3, -0.25) is 0 Å². The molecule has 0 aliphatic heterocycles. The molecule has 0 saturated heterocycles. The number of rotatable bonds is 9. The molecule has 2 rings (SSSR count). The van der Waals surface area contributed by atoms with E-state index in [4.69, 9.17) is 0 Å². The average molecular weight is 296 g/mol. The molecular weight excluding hydrogens is 272 g/mol. The molecule has 1 heterocycles. The number of aromatic nitrogens is 1. The molecule has 0 radical (unpaired) electrons. The Bertz CT molecular complexity index is 449. The number of nitrogens with zero attached hydrogens (tertiary/aromatic N) is 2. The van der Waals surface area contributed by atoms with Crippen LogP contribution in [0.2, 0.25) is 0 Å². The van der Waals surface area contributed by atoms with Gasteiger partial charge in [0.05, 0.1) is 10.7 Å². The molecule has 4 nitrogen and oxygen atoms in total. The summed E-state index contributed by atoms with van der Waals surface area (Å²) >= 11 is 1.38. The molecule has 1 aliphatic rings. The Morgan fingerprint density at radius 1 is 1.30 bits per heavy atom. The summed E-state index contributed by atoms with van der Waals surface area (Å²) in [5.74, 6) is -0.400. The van der Waals surface area contributed by atoms with E-state index >= 15 is 0 Å². The van der Waals surface area contributed by atoms with Crippen molar-refractivity contribution in [1.82, 2.24) is 9.88 Å². The first-order valence-corrected chi connectivity index (χ1v) is 8.42. The number of carbonyl (C=O) groups is 1. The molecule has 1 aromatic heterocycles. The van der Waals surface area contributed by atoms with Crippen LogP contribution in [0.1, 0.15) is 65.8 Å². The fraction of sp³-hybridized carbons (Fsp3) is 0.733. The second kappa shape index (κ2) is 7.18. The van der Waals surface area contributed by atoms with Crippen LogP contribution in [0.15, 0.2) is 0 Å². The number of thiazole rings is 1. The molecule has 1 aromatic rings. The van der Waals surface area contributed by atoms with E-state index in [9.17, 15) is 9.90 Å². The van der Waals surface area contributed by atoms with Crippen LogP contribution in [0.4, 0.5) is 0 Å². The van der Waals surface area contributed by atoms with Crippen molar-refractivity contribution in [3.63, 3.8) is 0 Å². The standard InChI is InChI=1S/C15H24N2O2S/c1-3-8-17(9-4-2)10-7-12-16-13(11-5-6-11)14(20-12)15(18)19/h11H,3-10H2,1-2H3,(H,18,19). The average Bonchev–Trinajstić information content (AvgIpc) is 3.16. The lowest BCUT2D eigenvalue weighted by molar-refractivity contribution is 0.0700. The second-order valence-electron chi connectivity index (χ2n) is 5.49. The van der Waals surface area contributed by atoms with Crippen LogP contribution >= 0.6 is 11.3 Å². The van der Waals surface area contributed by atoms with Crippen LogP contribution in [0.3, 0.4) is 0 Å². The van der Waals surface area contributed by atoms with Crippen molar-refractivity contribution in [2.24, 2.45) is 0 Å². The Labute approximate surface area is 124 Å². The quantitative estimate of drug-likeness (QED) is 0.759. The Morgan fingerprint density at radius 2 is 1.95 bits per heavy atom. The lowest BCUT2D eigenvalue weighted by Crippen LogP contribution is -2.27. The Kier molecular flexibility index (Phi) is 5.54. The SMILES string of the molecule is CCCN(CCC)CCc1nc(C2CC2)c(C(=O)O)s1. The highest BCUT2D eigenvalue weighted by atomic mass is 32.1. The molecule has 20 heavy (non-hydrogen) atoms. The summed E-state index contributed by atoms with van der Waals surface area (Å²) in [6.45, 7) is 7.60. The Morgan fingerprint density at radius 3 is 2.45 bits per heavy atom. The summed E-state index contributed by atoms with van der Waals surface area (Å²) in [4.78, 5) is 18.8. The molecule has 0 spiro atoms. The summed E-state index contributed by atoms with van der Waals surface area (Å²) in [5, 5.41) is 10.2. The molecule has 1 fully saturated rings. The number of hydrogen-bond acceptors (Lipinski definition) is 4. The maximum Gasteiger partial charge on any atom is 0.347 e. The van der Waals surface area contributed by atoms with E-state index in [0.29, 0.717) is 10.8 Å². The molecule has 0 unspecified atom stereocenters. The molecule has 1 aliphatic carbocycles. The third-order valence-corrected chi connectivity index (χ3v) is 4.70. The van der Waals surface area contributed by atoms with Crippen LogP contribution in [0.25, 0.3) is 0 Å². The highest BCUT2D eigenvalue weighted by molar-refractivity contribution is 7.13. The normalized spacial score (nSPS) is 14.9. The topological polar surface area (TPSA) is 53.4 Å². The predicted octanol–water partition coefficient (Wildman–Crippen LogP) is 3.38. The van der Waals surface area contributed by atoms with Gasteiger partial charge in [0.1, 0.15) is 4.88 Å². The fourth-order valence-corrected chi connectivity index (χ4v) is 3.47. The lowest BCUT2D eigenvalue weighted by Gasteiger charge is -2.19. The third kappa shape index (κ3) is 4.03. The van der Waals surface area contributed by atoms with E-state index in [-0.39, 0.29) is 0 Å². The zero-order valence-electron chi connectivity index (χ0n) is 12.4. The minimum Gasteiger partial charge on any atom is -0.477 e. The van der Waals surface area contributed by atoms with Gasteiger partial charge in [0.2, 0.25) is 0 Å². The summed E-state index contributed by atoms with van der Waals surface area (Å²) in [6, 6.07) is 0. The Hall–Kier alpha value is -0.940. The number of carboxylic acid groups (broad SMARTS) is 1. The first-order valence-electron chi connectivity index (χ1n) is 7.60. The summed E-state index contributed by atoms with van der Waals surface area (Å²) < 4.78 is 0. The number of carboxylic acids is 1. The number of aromatic carboxylic acids is 1. The molecule has 0 amide bonds. The van der Waals surface area contributed by atoms with Gasteiger partial charge in [0.25, 0.3) is 0 Å². The lowest BCUT2D eigenvalue weighted by atomic mass is 10.2. The molecular formula is C15H24N2O2S. The van der Waals surface area contributed by atoms with E-state index in [2.05, 4.69) is 23.7 Å². The highest BCUT2D eigenvalue weighted by Gasteiger charge is 2.31. The van der Waals surface area contributed by atoms with Crippen molar-refractivity contribution < 1.29 is 9.90 Å². The summed E-state index contributed by atoms with van der Waals surface area (Å²) in [5.41, 5.74) is 0.843. The van der Waals surface area contributed by atoms with Gasteiger partial charge in [0.15, 0.2) is 0 Å². The van der Waals surface area contributed by atoms with Crippen LogP contribution in [0, 0.1) is 0 Å². The van der Waals surface area contributed by atoms with Crippen molar-refractivity contribution in [3.05, 3.63) is 15.6 Å². The zero-order valence-corrected chi connectivity index (χ0v) is 13.2. The molecule has 0 bridgehead atoms.